The molecular formula is C15H20Cl2N2O. The first kappa shape index (κ1) is 15.6. The molecule has 0 bridgehead atoms. The van der Waals surface area contributed by atoms with Crippen LogP contribution in [0.3, 0.4) is 0 Å². The number of nitrogens with zero attached hydrogens (tertiary/aromatic N) is 1. The number of nitrogens with one attached hydrogen (secondary N) is 1. The minimum absolute atomic E-state index is 0.0765. The maximum absolute atomic E-state index is 11.9. The Morgan fingerprint density at radius 1 is 1.35 bits per heavy atom. The van der Waals surface area contributed by atoms with Gasteiger partial charge >= 0.3 is 0 Å². The summed E-state index contributed by atoms with van der Waals surface area (Å²) in [7, 11) is 0. The van der Waals surface area contributed by atoms with Crippen LogP contribution in [0.4, 0.5) is 0 Å². The van der Waals surface area contributed by atoms with Gasteiger partial charge in [-0.1, -0.05) is 23.2 Å². The second kappa shape index (κ2) is 7.30. The Bertz CT molecular complexity index is 473. The van der Waals surface area contributed by atoms with Gasteiger partial charge in [0.1, 0.15) is 0 Å². The predicted molar refractivity (Wildman–Crippen MR) is 83.3 cm³/mol. The topological polar surface area (TPSA) is 32.3 Å². The summed E-state index contributed by atoms with van der Waals surface area (Å²) in [6.07, 6.45) is 2.80. The summed E-state index contributed by atoms with van der Waals surface area (Å²) in [5.41, 5.74) is 0.966. The lowest BCUT2D eigenvalue weighted by molar-refractivity contribution is -0.130. The Balaban J connectivity index is 1.81. The molecule has 0 aliphatic carbocycles. The molecule has 1 aliphatic heterocycles. The van der Waals surface area contributed by atoms with Gasteiger partial charge in [0.25, 0.3) is 0 Å². The first-order valence-corrected chi connectivity index (χ1v) is 7.79. The Morgan fingerprint density at radius 3 is 2.75 bits per heavy atom. The smallest absolute Gasteiger partial charge is 0.223 e. The number of likely N-dealkylation sites (tertiary alicyclic amines) is 1. The van der Waals surface area contributed by atoms with Crippen molar-refractivity contribution in [3.05, 3.63) is 33.8 Å². The monoisotopic (exact) mass is 314 g/mol. The van der Waals surface area contributed by atoms with Crippen LogP contribution in [0.2, 0.25) is 10.0 Å². The van der Waals surface area contributed by atoms with Crippen LogP contribution in [-0.4, -0.2) is 30.4 Å². The van der Waals surface area contributed by atoms with Gasteiger partial charge in [-0.05, 0) is 43.5 Å². The van der Waals surface area contributed by atoms with Crippen molar-refractivity contribution in [1.82, 2.24) is 10.2 Å². The molecule has 0 aromatic heterocycles. The van der Waals surface area contributed by atoms with E-state index in [1.807, 2.05) is 17.9 Å². The van der Waals surface area contributed by atoms with Gasteiger partial charge in [-0.15, -0.1) is 0 Å². The van der Waals surface area contributed by atoms with Crippen molar-refractivity contribution in [3.63, 3.8) is 0 Å². The van der Waals surface area contributed by atoms with Crippen molar-refractivity contribution in [2.75, 3.05) is 19.6 Å². The standard InChI is InChI=1S/C15H20Cl2N2O/c1-11(13-10-12(16)4-5-14(13)17)18-7-6-15(20)19-8-2-3-9-19/h4-5,10-11,18H,2-3,6-9H2,1H3. The molecule has 5 heteroatoms. The van der Waals surface area contributed by atoms with Gasteiger partial charge in [0, 0.05) is 42.1 Å². The van der Waals surface area contributed by atoms with Crippen molar-refractivity contribution in [3.8, 4) is 0 Å². The van der Waals surface area contributed by atoms with E-state index in [2.05, 4.69) is 5.32 Å². The highest BCUT2D eigenvalue weighted by atomic mass is 35.5. The summed E-state index contributed by atoms with van der Waals surface area (Å²) >= 11 is 12.1. The molecule has 1 fully saturated rings. The summed E-state index contributed by atoms with van der Waals surface area (Å²) in [6, 6.07) is 5.51. The molecule has 0 radical (unpaired) electrons. The Hall–Kier alpha value is -0.770. The van der Waals surface area contributed by atoms with Crippen LogP contribution in [0.15, 0.2) is 18.2 Å². The van der Waals surface area contributed by atoms with Gasteiger partial charge in [0.05, 0.1) is 0 Å². The number of amides is 1. The van der Waals surface area contributed by atoms with Crippen LogP contribution in [-0.2, 0) is 4.79 Å². The van der Waals surface area contributed by atoms with Gasteiger partial charge < -0.3 is 10.2 Å². The highest BCUT2D eigenvalue weighted by molar-refractivity contribution is 6.33. The molecule has 1 aliphatic rings. The minimum atomic E-state index is 0.0765. The molecule has 1 unspecified atom stereocenters. The molecule has 110 valence electrons. The third-order valence-corrected chi connectivity index (χ3v) is 4.25. The summed E-state index contributed by atoms with van der Waals surface area (Å²) in [5.74, 6) is 0.236. The molecule has 1 heterocycles. The van der Waals surface area contributed by atoms with E-state index in [9.17, 15) is 4.79 Å². The molecule has 1 aromatic rings. The molecule has 1 saturated heterocycles. The number of benzene rings is 1. The molecular weight excluding hydrogens is 295 g/mol. The third kappa shape index (κ3) is 4.11. The van der Waals surface area contributed by atoms with E-state index in [0.29, 0.717) is 23.0 Å². The van der Waals surface area contributed by atoms with Crippen LogP contribution in [0, 0.1) is 0 Å². The van der Waals surface area contributed by atoms with Gasteiger partial charge in [-0.3, -0.25) is 4.79 Å². The Labute approximate surface area is 130 Å². The summed E-state index contributed by atoms with van der Waals surface area (Å²) in [6.45, 7) is 4.50. The fourth-order valence-electron chi connectivity index (χ4n) is 2.48. The number of carbonyl (C=O) groups excluding carboxylic acids is 1. The Morgan fingerprint density at radius 2 is 2.05 bits per heavy atom. The quantitative estimate of drug-likeness (QED) is 0.899. The first-order valence-electron chi connectivity index (χ1n) is 7.04. The largest absolute Gasteiger partial charge is 0.343 e. The van der Waals surface area contributed by atoms with Crippen molar-refractivity contribution in [1.29, 1.82) is 0 Å². The van der Waals surface area contributed by atoms with Crippen LogP contribution in [0.25, 0.3) is 0 Å². The van der Waals surface area contributed by atoms with E-state index in [1.165, 1.54) is 0 Å². The molecule has 1 aromatic carbocycles. The number of hydrogen-bond donors (Lipinski definition) is 1. The molecule has 3 nitrogen and oxygen atoms in total. The van der Waals surface area contributed by atoms with Gasteiger partial charge in [0.15, 0.2) is 0 Å². The lowest BCUT2D eigenvalue weighted by Crippen LogP contribution is -2.31. The van der Waals surface area contributed by atoms with Crippen LogP contribution in [0.5, 0.6) is 0 Å². The van der Waals surface area contributed by atoms with Gasteiger partial charge in [-0.25, -0.2) is 0 Å². The van der Waals surface area contributed by atoms with Crippen molar-refractivity contribution < 1.29 is 4.79 Å². The zero-order chi connectivity index (χ0) is 14.5. The van der Waals surface area contributed by atoms with E-state index < -0.39 is 0 Å². The maximum Gasteiger partial charge on any atom is 0.223 e. The average molecular weight is 315 g/mol. The van der Waals surface area contributed by atoms with E-state index in [1.54, 1.807) is 12.1 Å². The number of rotatable bonds is 5. The maximum atomic E-state index is 11.9. The molecule has 1 atom stereocenters. The second-order valence-electron chi connectivity index (χ2n) is 5.18. The predicted octanol–water partition coefficient (Wildman–Crippen LogP) is 3.66. The third-order valence-electron chi connectivity index (χ3n) is 3.67. The van der Waals surface area contributed by atoms with Crippen LogP contribution >= 0.6 is 23.2 Å². The number of carbonyl (C=O) groups is 1. The molecule has 2 rings (SSSR count). The number of halogens is 2. The molecule has 0 saturated carbocycles. The minimum Gasteiger partial charge on any atom is -0.343 e. The zero-order valence-corrected chi connectivity index (χ0v) is 13.2. The fourth-order valence-corrected chi connectivity index (χ4v) is 2.94. The molecule has 20 heavy (non-hydrogen) atoms. The van der Waals surface area contributed by atoms with Crippen LogP contribution in [0.1, 0.15) is 37.8 Å². The SMILES string of the molecule is CC(NCCC(=O)N1CCCC1)c1cc(Cl)ccc1Cl. The normalized spacial score (nSPS) is 16.4. The van der Waals surface area contributed by atoms with Crippen molar-refractivity contribution >= 4 is 29.1 Å². The Kier molecular flexibility index (Phi) is 5.70. The van der Waals surface area contributed by atoms with Gasteiger partial charge in [-0.2, -0.15) is 0 Å². The lowest BCUT2D eigenvalue weighted by atomic mass is 10.1. The highest BCUT2D eigenvalue weighted by Gasteiger charge is 2.17. The second-order valence-corrected chi connectivity index (χ2v) is 6.02. The van der Waals surface area contributed by atoms with E-state index in [0.717, 1.165) is 31.5 Å². The lowest BCUT2D eigenvalue weighted by Gasteiger charge is -2.18. The number of hydrogen-bond acceptors (Lipinski definition) is 2. The summed E-state index contributed by atoms with van der Waals surface area (Å²) in [5, 5.41) is 4.70. The summed E-state index contributed by atoms with van der Waals surface area (Å²) in [4.78, 5) is 13.9. The van der Waals surface area contributed by atoms with Crippen LogP contribution < -0.4 is 5.32 Å². The fraction of sp³-hybridized carbons (Fsp3) is 0.533. The van der Waals surface area contributed by atoms with E-state index >= 15 is 0 Å². The molecule has 0 spiro atoms. The van der Waals surface area contributed by atoms with Crippen molar-refractivity contribution in [2.45, 2.75) is 32.2 Å². The molecule has 1 N–H and O–H groups in total. The average Bonchev–Trinajstić information content (AvgIpc) is 2.95. The summed E-state index contributed by atoms with van der Waals surface area (Å²) < 4.78 is 0. The highest BCUT2D eigenvalue weighted by Crippen LogP contribution is 2.26. The zero-order valence-electron chi connectivity index (χ0n) is 11.7. The van der Waals surface area contributed by atoms with E-state index in [4.69, 9.17) is 23.2 Å². The molecule has 1 amide bonds. The van der Waals surface area contributed by atoms with E-state index in [-0.39, 0.29) is 11.9 Å². The van der Waals surface area contributed by atoms with Gasteiger partial charge in [0.2, 0.25) is 5.91 Å². The first-order chi connectivity index (χ1) is 9.58. The van der Waals surface area contributed by atoms with Crippen molar-refractivity contribution in [2.24, 2.45) is 0 Å².